The molecule has 0 saturated carbocycles. The van der Waals surface area contributed by atoms with E-state index in [-0.39, 0.29) is 45.4 Å². The first-order valence-electron chi connectivity index (χ1n) is 11.3. The molecule has 0 aliphatic carbocycles. The zero-order valence-electron chi connectivity index (χ0n) is 19.4. The molecule has 0 unspecified atom stereocenters. The summed E-state index contributed by atoms with van der Waals surface area (Å²) in [4.78, 5) is 65.7. The van der Waals surface area contributed by atoms with Gasteiger partial charge in [-0.05, 0) is 65.9 Å². The van der Waals surface area contributed by atoms with Crippen LogP contribution in [0.5, 0.6) is 0 Å². The van der Waals surface area contributed by atoms with Crippen LogP contribution in [0, 0.1) is 5.82 Å². The van der Waals surface area contributed by atoms with Gasteiger partial charge in [0.1, 0.15) is 5.82 Å². The second-order valence-corrected chi connectivity index (χ2v) is 9.70. The fraction of sp³-hybridized carbons (Fsp3) is 0.0741. The molecule has 8 nitrogen and oxygen atoms in total. The molecule has 1 fully saturated rings. The Kier molecular flexibility index (Phi) is 6.83. The SMILES string of the molecule is O=C(NCCN1C(=O)SC(=Cc2ccc(F)cc2)C1=O)c1ccc2c(c1)C(=O)N(c1ccccc1Cl)C2=O. The number of carbonyl (C=O) groups is 5. The maximum Gasteiger partial charge on any atom is 0.293 e. The molecule has 0 atom stereocenters. The van der Waals surface area contributed by atoms with Crippen molar-refractivity contribution in [3.05, 3.63) is 105 Å². The van der Waals surface area contributed by atoms with Crippen LogP contribution >= 0.6 is 23.4 Å². The van der Waals surface area contributed by atoms with Gasteiger partial charge in [-0.15, -0.1) is 0 Å². The summed E-state index contributed by atoms with van der Waals surface area (Å²) < 4.78 is 13.1. The summed E-state index contributed by atoms with van der Waals surface area (Å²) >= 11 is 6.92. The Morgan fingerprint density at radius 1 is 0.921 bits per heavy atom. The Morgan fingerprint density at radius 2 is 1.63 bits per heavy atom. The smallest absolute Gasteiger partial charge is 0.293 e. The molecule has 0 bridgehead atoms. The normalized spacial score (nSPS) is 16.0. The average Bonchev–Trinajstić information content (AvgIpc) is 3.31. The topological polar surface area (TPSA) is 104 Å². The molecule has 3 aromatic rings. The largest absolute Gasteiger partial charge is 0.350 e. The molecule has 2 heterocycles. The number of rotatable bonds is 6. The molecular weight excluding hydrogens is 533 g/mol. The minimum Gasteiger partial charge on any atom is -0.350 e. The van der Waals surface area contributed by atoms with Gasteiger partial charge in [0.05, 0.1) is 26.7 Å². The first-order valence-corrected chi connectivity index (χ1v) is 12.5. The third kappa shape index (κ3) is 4.71. The lowest BCUT2D eigenvalue weighted by Gasteiger charge is -2.15. The number of fused-ring (bicyclic) bond motifs is 1. The molecule has 5 rings (SSSR count). The molecule has 5 amide bonds. The second kappa shape index (κ2) is 10.2. The van der Waals surface area contributed by atoms with Gasteiger partial charge in [0.2, 0.25) is 0 Å². The van der Waals surface area contributed by atoms with Gasteiger partial charge < -0.3 is 5.32 Å². The van der Waals surface area contributed by atoms with Crippen molar-refractivity contribution in [3.63, 3.8) is 0 Å². The Morgan fingerprint density at radius 3 is 2.37 bits per heavy atom. The van der Waals surface area contributed by atoms with Crippen LogP contribution in [-0.2, 0) is 4.79 Å². The van der Waals surface area contributed by atoms with Crippen LogP contribution in [0.15, 0.2) is 71.6 Å². The lowest BCUT2D eigenvalue weighted by atomic mass is 10.1. The molecule has 190 valence electrons. The third-order valence-electron chi connectivity index (χ3n) is 5.90. The van der Waals surface area contributed by atoms with Crippen LogP contribution in [0.1, 0.15) is 36.6 Å². The van der Waals surface area contributed by atoms with Crippen molar-refractivity contribution in [1.82, 2.24) is 10.2 Å². The number of amides is 5. The number of imide groups is 2. The quantitative estimate of drug-likeness (QED) is 0.352. The Labute approximate surface area is 225 Å². The van der Waals surface area contributed by atoms with Gasteiger partial charge in [0.15, 0.2) is 0 Å². The Hall–Kier alpha value is -4.28. The predicted molar refractivity (Wildman–Crippen MR) is 140 cm³/mol. The first kappa shape index (κ1) is 25.4. The lowest BCUT2D eigenvalue weighted by Crippen LogP contribution is -2.37. The van der Waals surface area contributed by atoms with E-state index in [1.54, 1.807) is 24.3 Å². The van der Waals surface area contributed by atoms with Gasteiger partial charge in [0, 0.05) is 18.7 Å². The minimum absolute atomic E-state index is 0.0313. The van der Waals surface area contributed by atoms with Crippen molar-refractivity contribution in [2.24, 2.45) is 0 Å². The summed E-state index contributed by atoms with van der Waals surface area (Å²) in [6.07, 6.45) is 1.50. The van der Waals surface area contributed by atoms with Gasteiger partial charge in [-0.2, -0.15) is 0 Å². The van der Waals surface area contributed by atoms with Gasteiger partial charge >= 0.3 is 0 Å². The van der Waals surface area contributed by atoms with E-state index in [0.29, 0.717) is 5.56 Å². The van der Waals surface area contributed by atoms with Crippen molar-refractivity contribution in [3.8, 4) is 0 Å². The molecule has 0 spiro atoms. The summed E-state index contributed by atoms with van der Waals surface area (Å²) in [7, 11) is 0. The molecule has 2 aliphatic heterocycles. The van der Waals surface area contributed by atoms with E-state index in [1.807, 2.05) is 0 Å². The molecule has 2 aliphatic rings. The number of hydrogen-bond acceptors (Lipinski definition) is 6. The van der Waals surface area contributed by atoms with E-state index in [1.165, 1.54) is 48.5 Å². The molecule has 0 radical (unpaired) electrons. The van der Waals surface area contributed by atoms with Crippen molar-refractivity contribution >= 4 is 64.0 Å². The zero-order valence-corrected chi connectivity index (χ0v) is 21.0. The van der Waals surface area contributed by atoms with E-state index in [4.69, 9.17) is 11.6 Å². The second-order valence-electron chi connectivity index (χ2n) is 8.30. The summed E-state index contributed by atoms with van der Waals surface area (Å²) in [6.45, 7) is -0.101. The van der Waals surface area contributed by atoms with Gasteiger partial charge in [-0.3, -0.25) is 28.9 Å². The molecule has 1 N–H and O–H groups in total. The number of halogens is 2. The van der Waals surface area contributed by atoms with Crippen LogP contribution in [0.4, 0.5) is 14.9 Å². The lowest BCUT2D eigenvalue weighted by molar-refractivity contribution is -0.122. The highest BCUT2D eigenvalue weighted by molar-refractivity contribution is 8.18. The average molecular weight is 550 g/mol. The van der Waals surface area contributed by atoms with Crippen LogP contribution in [0.3, 0.4) is 0 Å². The zero-order chi connectivity index (χ0) is 27.0. The number of benzene rings is 3. The van der Waals surface area contributed by atoms with Crippen molar-refractivity contribution in [1.29, 1.82) is 0 Å². The predicted octanol–water partition coefficient (Wildman–Crippen LogP) is 4.75. The van der Waals surface area contributed by atoms with Crippen LogP contribution in [0.25, 0.3) is 6.08 Å². The fourth-order valence-corrected chi connectivity index (χ4v) is 5.11. The number of nitrogens with zero attached hydrogens (tertiary/aromatic N) is 2. The van der Waals surface area contributed by atoms with Gasteiger partial charge in [-0.25, -0.2) is 9.29 Å². The number of carbonyl (C=O) groups excluding carboxylic acids is 5. The fourth-order valence-electron chi connectivity index (χ4n) is 4.02. The monoisotopic (exact) mass is 549 g/mol. The summed E-state index contributed by atoms with van der Waals surface area (Å²) in [5.41, 5.74) is 1.17. The Bertz CT molecular complexity index is 1560. The van der Waals surface area contributed by atoms with Crippen molar-refractivity contribution in [2.75, 3.05) is 18.0 Å². The number of nitrogens with one attached hydrogen (secondary N) is 1. The molecule has 11 heteroatoms. The Balaban J connectivity index is 1.23. The van der Waals surface area contributed by atoms with E-state index >= 15 is 0 Å². The maximum absolute atomic E-state index is 13.1. The molecule has 1 saturated heterocycles. The summed E-state index contributed by atoms with van der Waals surface area (Å²) in [5, 5.41) is 2.37. The summed E-state index contributed by atoms with van der Waals surface area (Å²) in [5.74, 6) is -2.61. The maximum atomic E-state index is 13.1. The van der Waals surface area contributed by atoms with Crippen molar-refractivity contribution in [2.45, 2.75) is 0 Å². The summed E-state index contributed by atoms with van der Waals surface area (Å²) in [6, 6.07) is 16.1. The van der Waals surface area contributed by atoms with E-state index in [2.05, 4.69) is 5.32 Å². The van der Waals surface area contributed by atoms with Gasteiger partial charge in [-0.1, -0.05) is 35.9 Å². The van der Waals surface area contributed by atoms with Crippen molar-refractivity contribution < 1.29 is 28.4 Å². The highest BCUT2D eigenvalue weighted by Gasteiger charge is 2.38. The molecular formula is C27H17ClFN3O5S. The van der Waals surface area contributed by atoms with E-state index in [9.17, 15) is 28.4 Å². The first-order chi connectivity index (χ1) is 18.2. The van der Waals surface area contributed by atoms with Crippen LogP contribution in [-0.4, -0.2) is 46.9 Å². The minimum atomic E-state index is -0.599. The highest BCUT2D eigenvalue weighted by atomic mass is 35.5. The van der Waals surface area contributed by atoms with Crippen LogP contribution in [0.2, 0.25) is 5.02 Å². The van der Waals surface area contributed by atoms with Gasteiger partial charge in [0.25, 0.3) is 28.9 Å². The highest BCUT2D eigenvalue weighted by Crippen LogP contribution is 2.34. The number of hydrogen-bond donors (Lipinski definition) is 1. The number of anilines is 1. The molecule has 3 aromatic carbocycles. The standard InChI is InChI=1S/C27H17ClFN3O5S/c28-20-3-1-2-4-21(20)32-24(34)18-10-7-16(14-19(18)25(32)35)23(33)30-11-12-31-26(36)22(38-27(31)37)13-15-5-8-17(29)9-6-15/h1-10,13-14H,11-12H2,(H,30,33). The van der Waals surface area contributed by atoms with Crippen LogP contribution < -0.4 is 10.2 Å². The molecule has 0 aromatic heterocycles. The van der Waals surface area contributed by atoms with E-state index in [0.717, 1.165) is 21.6 Å². The number of thioether (sulfide) groups is 1. The number of para-hydroxylation sites is 1. The molecule has 38 heavy (non-hydrogen) atoms. The third-order valence-corrected chi connectivity index (χ3v) is 7.13. The van der Waals surface area contributed by atoms with E-state index < -0.39 is 34.7 Å².